The first kappa shape index (κ1) is 14.2. The molecule has 96 valence electrons. The van der Waals surface area contributed by atoms with Crippen LogP contribution in [0.5, 0.6) is 0 Å². The van der Waals surface area contributed by atoms with Crippen LogP contribution in [0.1, 0.15) is 27.0 Å². The maximum atomic E-state index is 12.0. The number of carbonyl (C=O) groups is 1. The van der Waals surface area contributed by atoms with Gasteiger partial charge >= 0.3 is 0 Å². The van der Waals surface area contributed by atoms with Crippen LogP contribution in [0.4, 0.5) is 0 Å². The van der Waals surface area contributed by atoms with Gasteiger partial charge in [0.15, 0.2) is 0 Å². The molecule has 0 bridgehead atoms. The van der Waals surface area contributed by atoms with Crippen molar-refractivity contribution < 1.29 is 4.79 Å². The molecule has 0 radical (unpaired) electrons. The molecule has 2 aromatic heterocycles. The van der Waals surface area contributed by atoms with Crippen molar-refractivity contribution in [1.82, 2.24) is 5.32 Å². The number of amides is 1. The van der Waals surface area contributed by atoms with Crippen molar-refractivity contribution in [3.63, 3.8) is 0 Å². The smallest absolute Gasteiger partial charge is 0.261 e. The first-order chi connectivity index (χ1) is 8.61. The number of halogens is 2. The molecular weight excluding hydrogens is 398 g/mol. The Labute approximate surface area is 131 Å². The fraction of sp³-hybridized carbons (Fsp3) is 0.250. The second-order valence-corrected chi connectivity index (χ2v) is 7.86. The first-order valence-corrected chi connectivity index (χ1v) is 8.68. The molecule has 0 aromatic carbocycles. The van der Waals surface area contributed by atoms with Crippen molar-refractivity contribution in [1.29, 1.82) is 0 Å². The minimum absolute atomic E-state index is 0.0261. The van der Waals surface area contributed by atoms with Gasteiger partial charge in [-0.15, -0.1) is 22.7 Å². The summed E-state index contributed by atoms with van der Waals surface area (Å²) in [5.41, 5.74) is 1.31. The van der Waals surface area contributed by atoms with Gasteiger partial charge in [-0.3, -0.25) is 4.79 Å². The third-order valence-corrected chi connectivity index (χ3v) is 6.72. The lowest BCUT2D eigenvalue weighted by Gasteiger charge is -2.03. The van der Waals surface area contributed by atoms with Gasteiger partial charge in [0.05, 0.1) is 15.2 Å². The Hall–Kier alpha value is -0.170. The van der Waals surface area contributed by atoms with E-state index in [-0.39, 0.29) is 5.91 Å². The normalized spacial score (nSPS) is 10.6. The molecule has 0 aliphatic heterocycles. The molecule has 0 saturated carbocycles. The number of hydrogen-bond donors (Lipinski definition) is 1. The molecule has 0 fully saturated rings. The highest BCUT2D eigenvalue weighted by Gasteiger charge is 2.12. The fourth-order valence-electron chi connectivity index (χ4n) is 1.54. The number of carbonyl (C=O) groups excluding carboxylic acids is 1. The molecule has 1 N–H and O–H groups in total. The largest absolute Gasteiger partial charge is 0.346 e. The van der Waals surface area contributed by atoms with Gasteiger partial charge in [-0.25, -0.2) is 0 Å². The van der Waals surface area contributed by atoms with Crippen LogP contribution in [0, 0.1) is 0 Å². The predicted molar refractivity (Wildman–Crippen MR) is 84.6 cm³/mol. The summed E-state index contributed by atoms with van der Waals surface area (Å²) in [6.07, 6.45) is 1.00. The van der Waals surface area contributed by atoms with Gasteiger partial charge in [-0.1, -0.05) is 6.92 Å². The fourth-order valence-corrected chi connectivity index (χ4v) is 4.41. The highest BCUT2D eigenvalue weighted by atomic mass is 79.9. The summed E-state index contributed by atoms with van der Waals surface area (Å²) in [4.78, 5) is 13.9. The highest BCUT2D eigenvalue weighted by molar-refractivity contribution is 9.13. The van der Waals surface area contributed by atoms with Crippen LogP contribution in [0.2, 0.25) is 0 Å². The maximum Gasteiger partial charge on any atom is 0.261 e. The molecule has 0 spiro atoms. The number of nitrogens with one attached hydrogen (secondary N) is 1. The molecule has 0 aliphatic carbocycles. The summed E-state index contributed by atoms with van der Waals surface area (Å²) in [5.74, 6) is -0.0261. The molecule has 0 atom stereocenters. The molecule has 18 heavy (non-hydrogen) atoms. The Morgan fingerprint density at radius 3 is 2.83 bits per heavy atom. The van der Waals surface area contributed by atoms with E-state index in [1.807, 2.05) is 6.07 Å². The van der Waals surface area contributed by atoms with E-state index in [1.165, 1.54) is 21.8 Å². The van der Waals surface area contributed by atoms with Crippen LogP contribution in [0.15, 0.2) is 25.8 Å². The molecule has 2 aromatic rings. The Kier molecular flexibility index (Phi) is 5.00. The summed E-state index contributed by atoms with van der Waals surface area (Å²) >= 11 is 9.89. The second-order valence-electron chi connectivity index (χ2n) is 3.64. The summed E-state index contributed by atoms with van der Waals surface area (Å²) in [5, 5.41) is 5.02. The Morgan fingerprint density at radius 1 is 1.44 bits per heavy atom. The minimum atomic E-state index is -0.0261. The molecule has 6 heteroatoms. The van der Waals surface area contributed by atoms with Gasteiger partial charge in [0.25, 0.3) is 5.91 Å². The Morgan fingerprint density at radius 2 is 2.22 bits per heavy atom. The van der Waals surface area contributed by atoms with E-state index in [4.69, 9.17) is 0 Å². The molecule has 0 aliphatic rings. The van der Waals surface area contributed by atoms with E-state index in [2.05, 4.69) is 55.5 Å². The number of aryl methyl sites for hydroxylation is 1. The molecule has 0 saturated heterocycles. The standard InChI is InChI=1S/C12H11Br2NOS2/c1-2-7-3-4-17-10(7)6-15-12(16)9-5-8(13)11(14)18-9/h3-5H,2,6H2,1H3,(H,15,16). The van der Waals surface area contributed by atoms with Crippen LogP contribution in [0.3, 0.4) is 0 Å². The first-order valence-electron chi connectivity index (χ1n) is 5.40. The zero-order valence-electron chi connectivity index (χ0n) is 9.63. The minimum Gasteiger partial charge on any atom is -0.346 e. The molecule has 2 heterocycles. The van der Waals surface area contributed by atoms with Crippen molar-refractivity contribution in [2.45, 2.75) is 19.9 Å². The van der Waals surface area contributed by atoms with Crippen LogP contribution < -0.4 is 5.32 Å². The van der Waals surface area contributed by atoms with Crippen molar-refractivity contribution in [2.75, 3.05) is 0 Å². The SMILES string of the molecule is CCc1ccsc1CNC(=O)c1cc(Br)c(Br)s1. The van der Waals surface area contributed by atoms with E-state index in [1.54, 1.807) is 11.3 Å². The van der Waals surface area contributed by atoms with Crippen LogP contribution in [-0.2, 0) is 13.0 Å². The van der Waals surface area contributed by atoms with Crippen molar-refractivity contribution >= 4 is 60.4 Å². The van der Waals surface area contributed by atoms with E-state index >= 15 is 0 Å². The summed E-state index contributed by atoms with van der Waals surface area (Å²) in [7, 11) is 0. The monoisotopic (exact) mass is 407 g/mol. The van der Waals surface area contributed by atoms with E-state index in [0.717, 1.165) is 14.7 Å². The average Bonchev–Trinajstić information content (AvgIpc) is 2.93. The maximum absolute atomic E-state index is 12.0. The lowest BCUT2D eigenvalue weighted by Crippen LogP contribution is -2.21. The average molecular weight is 409 g/mol. The van der Waals surface area contributed by atoms with Gasteiger partial charge in [-0.2, -0.15) is 0 Å². The Balaban J connectivity index is 2.00. The van der Waals surface area contributed by atoms with Crippen LogP contribution >= 0.6 is 54.5 Å². The lowest BCUT2D eigenvalue weighted by atomic mass is 10.2. The van der Waals surface area contributed by atoms with Gasteiger partial charge in [0.2, 0.25) is 0 Å². The van der Waals surface area contributed by atoms with Crippen molar-refractivity contribution in [2.24, 2.45) is 0 Å². The van der Waals surface area contributed by atoms with E-state index in [0.29, 0.717) is 11.4 Å². The predicted octanol–water partition coefficient (Wildman–Crippen LogP) is 4.83. The summed E-state index contributed by atoms with van der Waals surface area (Å²) < 4.78 is 1.86. The Bertz CT molecular complexity index is 543. The molecule has 1 amide bonds. The van der Waals surface area contributed by atoms with Gasteiger partial charge < -0.3 is 5.32 Å². The molecular formula is C12H11Br2NOS2. The number of rotatable bonds is 4. The topological polar surface area (TPSA) is 29.1 Å². The molecule has 0 unspecified atom stereocenters. The molecule has 2 rings (SSSR count). The zero-order chi connectivity index (χ0) is 13.1. The highest BCUT2D eigenvalue weighted by Crippen LogP contribution is 2.32. The van der Waals surface area contributed by atoms with E-state index in [9.17, 15) is 4.79 Å². The quantitative estimate of drug-likeness (QED) is 0.771. The molecule has 2 nitrogen and oxygen atoms in total. The van der Waals surface area contributed by atoms with Gasteiger partial charge in [-0.05, 0) is 61.4 Å². The second kappa shape index (κ2) is 6.32. The van der Waals surface area contributed by atoms with Crippen LogP contribution in [0.25, 0.3) is 0 Å². The zero-order valence-corrected chi connectivity index (χ0v) is 14.4. The summed E-state index contributed by atoms with van der Waals surface area (Å²) in [6.45, 7) is 2.73. The van der Waals surface area contributed by atoms with E-state index < -0.39 is 0 Å². The number of hydrogen-bond acceptors (Lipinski definition) is 3. The van der Waals surface area contributed by atoms with Gasteiger partial charge in [0, 0.05) is 9.35 Å². The van der Waals surface area contributed by atoms with Crippen molar-refractivity contribution in [3.8, 4) is 0 Å². The summed E-state index contributed by atoms with van der Waals surface area (Å²) in [6, 6.07) is 3.95. The lowest BCUT2D eigenvalue weighted by molar-refractivity contribution is 0.0955. The van der Waals surface area contributed by atoms with Crippen LogP contribution in [-0.4, -0.2) is 5.91 Å². The van der Waals surface area contributed by atoms with Gasteiger partial charge in [0.1, 0.15) is 0 Å². The third-order valence-electron chi connectivity index (χ3n) is 2.50. The van der Waals surface area contributed by atoms with Crippen molar-refractivity contribution in [3.05, 3.63) is 41.1 Å². The third kappa shape index (κ3) is 3.23. The number of thiophene rings is 2.